The van der Waals surface area contributed by atoms with Crippen molar-refractivity contribution >= 4 is 19.7 Å². The molecule has 0 bridgehead atoms. The van der Waals surface area contributed by atoms with Gasteiger partial charge in [0, 0.05) is 10.7 Å². The lowest BCUT2D eigenvalue weighted by Crippen LogP contribution is -2.00. The smallest absolute Gasteiger partial charge is 0.261 e. The van der Waals surface area contributed by atoms with Crippen LogP contribution in [0.1, 0.15) is 51.9 Å². The minimum absolute atomic E-state index is 0.0602. The minimum Gasteiger partial charge on any atom is -0.491 e. The van der Waals surface area contributed by atoms with Crippen molar-refractivity contribution in [1.82, 2.24) is 0 Å². The zero-order chi connectivity index (χ0) is 15.7. The Bertz CT molecular complexity index is 532. The second kappa shape index (κ2) is 9.26. The second-order valence-electron chi connectivity index (χ2n) is 5.00. The van der Waals surface area contributed by atoms with Gasteiger partial charge in [0.15, 0.2) is 11.6 Å². The van der Waals surface area contributed by atoms with Gasteiger partial charge in [0.1, 0.15) is 0 Å². The van der Waals surface area contributed by atoms with Crippen molar-refractivity contribution in [2.24, 2.45) is 0 Å². The van der Waals surface area contributed by atoms with Crippen LogP contribution in [-0.4, -0.2) is 15.0 Å². The zero-order valence-corrected chi connectivity index (χ0v) is 13.9. The number of unbranched alkanes of at least 4 members (excludes halogenated alkanes) is 6. The van der Waals surface area contributed by atoms with Crippen molar-refractivity contribution in [3.05, 3.63) is 24.0 Å². The fourth-order valence-corrected chi connectivity index (χ4v) is 2.75. The highest BCUT2D eigenvalue weighted by Gasteiger charge is 2.13. The summed E-state index contributed by atoms with van der Waals surface area (Å²) >= 11 is 0. The van der Waals surface area contributed by atoms with Crippen LogP contribution in [-0.2, 0) is 9.05 Å². The van der Waals surface area contributed by atoms with Gasteiger partial charge in [0.05, 0.1) is 11.5 Å². The predicted molar refractivity (Wildman–Crippen MR) is 82.9 cm³/mol. The number of hydrogen-bond donors (Lipinski definition) is 0. The van der Waals surface area contributed by atoms with E-state index in [0.29, 0.717) is 6.61 Å². The number of rotatable bonds is 10. The van der Waals surface area contributed by atoms with Gasteiger partial charge in [-0.3, -0.25) is 0 Å². The molecule has 0 aliphatic heterocycles. The fourth-order valence-electron chi connectivity index (χ4n) is 1.99. The molecule has 0 saturated heterocycles. The highest BCUT2D eigenvalue weighted by molar-refractivity contribution is 8.13. The van der Waals surface area contributed by atoms with E-state index < -0.39 is 14.9 Å². The lowest BCUT2D eigenvalue weighted by Gasteiger charge is -2.08. The summed E-state index contributed by atoms with van der Waals surface area (Å²) in [5.74, 6) is -0.648. The van der Waals surface area contributed by atoms with E-state index >= 15 is 0 Å². The third-order valence-corrected chi connectivity index (χ3v) is 4.54. The number of halogens is 2. The lowest BCUT2D eigenvalue weighted by molar-refractivity contribution is 0.289. The fraction of sp³-hybridized carbons (Fsp3) is 0.600. The van der Waals surface area contributed by atoms with Crippen LogP contribution in [0.5, 0.6) is 5.75 Å². The standard InChI is InChI=1S/C15H22ClFO3S/c1-2-3-4-5-6-7-8-11-20-15-10-9-13(12-14(15)17)21(16,18)19/h9-10,12H,2-8,11H2,1H3. The van der Waals surface area contributed by atoms with Crippen LogP contribution in [0.4, 0.5) is 4.39 Å². The van der Waals surface area contributed by atoms with Gasteiger partial charge in [0.25, 0.3) is 9.05 Å². The maximum absolute atomic E-state index is 13.6. The summed E-state index contributed by atoms with van der Waals surface area (Å²) in [5.41, 5.74) is 0. The van der Waals surface area contributed by atoms with Crippen LogP contribution in [0, 0.1) is 5.82 Å². The van der Waals surface area contributed by atoms with E-state index in [1.807, 2.05) is 0 Å². The molecule has 6 heteroatoms. The largest absolute Gasteiger partial charge is 0.491 e. The van der Waals surface area contributed by atoms with Crippen molar-refractivity contribution in [2.45, 2.75) is 56.8 Å². The molecule has 0 amide bonds. The molecule has 0 fully saturated rings. The highest BCUT2D eigenvalue weighted by atomic mass is 35.7. The zero-order valence-electron chi connectivity index (χ0n) is 12.3. The van der Waals surface area contributed by atoms with E-state index in [4.69, 9.17) is 15.4 Å². The maximum atomic E-state index is 13.6. The number of ether oxygens (including phenoxy) is 1. The Hall–Kier alpha value is -0.810. The van der Waals surface area contributed by atoms with Crippen molar-refractivity contribution in [1.29, 1.82) is 0 Å². The summed E-state index contributed by atoms with van der Waals surface area (Å²) in [6.07, 6.45) is 8.08. The maximum Gasteiger partial charge on any atom is 0.261 e. The van der Waals surface area contributed by atoms with Crippen molar-refractivity contribution < 1.29 is 17.5 Å². The molecule has 3 nitrogen and oxygen atoms in total. The van der Waals surface area contributed by atoms with Gasteiger partial charge in [-0.05, 0) is 24.6 Å². The molecule has 0 saturated carbocycles. The molecule has 21 heavy (non-hydrogen) atoms. The lowest BCUT2D eigenvalue weighted by atomic mass is 10.1. The first-order valence-corrected chi connectivity index (χ1v) is 9.63. The highest BCUT2D eigenvalue weighted by Crippen LogP contribution is 2.23. The molecule has 1 rings (SSSR count). The van der Waals surface area contributed by atoms with E-state index in [-0.39, 0.29) is 10.6 Å². The first-order chi connectivity index (χ1) is 9.95. The quantitative estimate of drug-likeness (QED) is 0.451. The van der Waals surface area contributed by atoms with Crippen LogP contribution in [0.15, 0.2) is 23.1 Å². The molecule has 120 valence electrons. The summed E-state index contributed by atoms with van der Waals surface area (Å²) in [6, 6.07) is 3.42. The van der Waals surface area contributed by atoms with Crippen molar-refractivity contribution in [3.8, 4) is 5.75 Å². The first kappa shape index (κ1) is 18.2. The first-order valence-electron chi connectivity index (χ1n) is 7.32. The summed E-state index contributed by atoms with van der Waals surface area (Å²) in [6.45, 7) is 2.61. The number of hydrogen-bond acceptors (Lipinski definition) is 3. The van der Waals surface area contributed by atoms with E-state index in [1.165, 1.54) is 37.8 Å². The van der Waals surface area contributed by atoms with Gasteiger partial charge in [-0.25, -0.2) is 12.8 Å². The van der Waals surface area contributed by atoms with Crippen LogP contribution in [0.2, 0.25) is 0 Å². The molecular formula is C15H22ClFO3S. The molecule has 0 heterocycles. The summed E-state index contributed by atoms with van der Waals surface area (Å²) in [5, 5.41) is 0. The van der Waals surface area contributed by atoms with Gasteiger partial charge >= 0.3 is 0 Å². The third-order valence-electron chi connectivity index (χ3n) is 3.19. The normalized spacial score (nSPS) is 11.6. The Balaban J connectivity index is 2.30. The van der Waals surface area contributed by atoms with Crippen LogP contribution < -0.4 is 4.74 Å². The molecule has 0 spiro atoms. The van der Waals surface area contributed by atoms with E-state index in [0.717, 1.165) is 25.3 Å². The molecule has 0 aliphatic carbocycles. The van der Waals surface area contributed by atoms with Crippen molar-refractivity contribution in [3.63, 3.8) is 0 Å². The molecule has 1 aromatic rings. The molecule has 0 radical (unpaired) electrons. The molecule has 0 atom stereocenters. The number of benzene rings is 1. The summed E-state index contributed by atoms with van der Waals surface area (Å²) in [4.78, 5) is -0.259. The Morgan fingerprint density at radius 1 is 1.10 bits per heavy atom. The molecule has 0 aromatic heterocycles. The van der Waals surface area contributed by atoms with Crippen LogP contribution >= 0.6 is 10.7 Å². The third kappa shape index (κ3) is 7.14. The van der Waals surface area contributed by atoms with Gasteiger partial charge < -0.3 is 4.74 Å². The average Bonchev–Trinajstić information content (AvgIpc) is 2.42. The van der Waals surface area contributed by atoms with Crippen molar-refractivity contribution in [2.75, 3.05) is 6.61 Å². The Kier molecular flexibility index (Phi) is 8.04. The van der Waals surface area contributed by atoms with E-state index in [2.05, 4.69) is 6.92 Å². The predicted octanol–water partition coefficient (Wildman–Crippen LogP) is 4.88. The Labute approximate surface area is 130 Å². The molecule has 0 unspecified atom stereocenters. The van der Waals surface area contributed by atoms with Gasteiger partial charge in [0.2, 0.25) is 0 Å². The van der Waals surface area contributed by atoms with Crippen LogP contribution in [0.3, 0.4) is 0 Å². The van der Waals surface area contributed by atoms with E-state index in [9.17, 15) is 12.8 Å². The van der Waals surface area contributed by atoms with E-state index in [1.54, 1.807) is 0 Å². The molecular weight excluding hydrogens is 315 g/mol. The average molecular weight is 337 g/mol. The molecule has 0 aliphatic rings. The summed E-state index contributed by atoms with van der Waals surface area (Å²) < 4.78 is 41.1. The summed E-state index contributed by atoms with van der Waals surface area (Å²) in [7, 11) is 1.24. The Morgan fingerprint density at radius 2 is 1.71 bits per heavy atom. The van der Waals surface area contributed by atoms with Gasteiger partial charge in [-0.2, -0.15) is 0 Å². The molecule has 1 aromatic carbocycles. The SMILES string of the molecule is CCCCCCCCCOc1ccc(S(=O)(=O)Cl)cc1F. The van der Waals surface area contributed by atoms with Gasteiger partial charge in [-0.15, -0.1) is 0 Å². The Morgan fingerprint density at radius 3 is 2.29 bits per heavy atom. The second-order valence-corrected chi connectivity index (χ2v) is 7.57. The monoisotopic (exact) mass is 336 g/mol. The topological polar surface area (TPSA) is 43.4 Å². The van der Waals surface area contributed by atoms with Crippen LogP contribution in [0.25, 0.3) is 0 Å². The van der Waals surface area contributed by atoms with Gasteiger partial charge in [-0.1, -0.05) is 45.4 Å². The minimum atomic E-state index is -3.91. The molecule has 0 N–H and O–H groups in total.